The fourth-order valence-corrected chi connectivity index (χ4v) is 2.59. The van der Waals surface area contributed by atoms with E-state index >= 15 is 0 Å². The molecule has 1 aliphatic rings. The summed E-state index contributed by atoms with van der Waals surface area (Å²) in [5.74, 6) is -0.144. The molecule has 0 aliphatic heterocycles. The minimum atomic E-state index is -1.09. The highest BCUT2D eigenvalue weighted by Crippen LogP contribution is 2.40. The second-order valence-electron chi connectivity index (χ2n) is 5.28. The van der Waals surface area contributed by atoms with Crippen LogP contribution in [0.15, 0.2) is 42.5 Å². The maximum Gasteiger partial charge on any atom is 0.375 e. The number of carboxylic acid groups (broad SMARTS) is 1. The molecular weight excluding hydrogens is 266 g/mol. The summed E-state index contributed by atoms with van der Waals surface area (Å²) in [5.41, 5.74) is 0.884. The van der Waals surface area contributed by atoms with Gasteiger partial charge in [-0.25, -0.2) is 14.5 Å². The van der Waals surface area contributed by atoms with E-state index in [0.29, 0.717) is 5.92 Å². The minimum Gasteiger partial charge on any atom is -0.475 e. The van der Waals surface area contributed by atoms with E-state index in [1.54, 1.807) is 4.68 Å². The Balaban J connectivity index is 1.98. The molecular formula is C16H13N3O2. The summed E-state index contributed by atoms with van der Waals surface area (Å²) in [5, 5.41) is 15.5. The number of fused-ring (bicyclic) bond motifs is 1. The summed E-state index contributed by atoms with van der Waals surface area (Å²) < 4.78 is 1.70. The predicted octanol–water partition coefficient (Wildman–Crippen LogP) is 3.00. The SMILES string of the molecule is O=C(O)c1nc(C2CC2)n(-c2cccc3ccccc23)n1. The molecule has 21 heavy (non-hydrogen) atoms. The first-order valence-corrected chi connectivity index (χ1v) is 6.92. The molecule has 0 amide bonds. The van der Waals surface area contributed by atoms with Gasteiger partial charge in [-0.05, 0) is 24.3 Å². The average Bonchev–Trinajstić information content (AvgIpc) is 3.25. The van der Waals surface area contributed by atoms with Crippen LogP contribution in [0.25, 0.3) is 16.5 Å². The monoisotopic (exact) mass is 279 g/mol. The normalized spacial score (nSPS) is 14.5. The van der Waals surface area contributed by atoms with E-state index in [1.807, 2.05) is 42.5 Å². The van der Waals surface area contributed by atoms with E-state index in [2.05, 4.69) is 10.1 Å². The Morgan fingerprint density at radius 3 is 2.67 bits per heavy atom. The molecule has 1 fully saturated rings. The van der Waals surface area contributed by atoms with Gasteiger partial charge in [0.25, 0.3) is 5.82 Å². The van der Waals surface area contributed by atoms with Crippen LogP contribution in [0.4, 0.5) is 0 Å². The highest BCUT2D eigenvalue weighted by atomic mass is 16.4. The Hall–Kier alpha value is -2.69. The van der Waals surface area contributed by atoms with Crippen molar-refractivity contribution in [1.82, 2.24) is 14.8 Å². The van der Waals surface area contributed by atoms with E-state index in [9.17, 15) is 4.79 Å². The first-order valence-electron chi connectivity index (χ1n) is 6.92. The summed E-state index contributed by atoms with van der Waals surface area (Å²) in [6.07, 6.45) is 2.09. The molecule has 0 radical (unpaired) electrons. The van der Waals surface area contributed by atoms with Crippen LogP contribution in [0.5, 0.6) is 0 Å². The molecule has 1 saturated carbocycles. The molecule has 0 atom stereocenters. The third-order valence-electron chi connectivity index (χ3n) is 3.76. The molecule has 1 aliphatic carbocycles. The van der Waals surface area contributed by atoms with E-state index in [-0.39, 0.29) is 5.82 Å². The maximum absolute atomic E-state index is 11.2. The highest BCUT2D eigenvalue weighted by Gasteiger charge is 2.31. The quantitative estimate of drug-likeness (QED) is 0.800. The van der Waals surface area contributed by atoms with Gasteiger partial charge in [0.05, 0.1) is 5.69 Å². The van der Waals surface area contributed by atoms with Crippen LogP contribution in [-0.2, 0) is 0 Å². The van der Waals surface area contributed by atoms with Gasteiger partial charge in [-0.3, -0.25) is 0 Å². The maximum atomic E-state index is 11.2. The molecule has 4 rings (SSSR count). The minimum absolute atomic E-state index is 0.134. The van der Waals surface area contributed by atoms with Crippen molar-refractivity contribution < 1.29 is 9.90 Å². The standard InChI is InChI=1S/C16H13N3O2/c20-16(21)14-17-15(11-8-9-11)19(18-14)13-7-3-5-10-4-1-2-6-12(10)13/h1-7,11H,8-9H2,(H,20,21). The van der Waals surface area contributed by atoms with Crippen LogP contribution in [0.3, 0.4) is 0 Å². The van der Waals surface area contributed by atoms with Gasteiger partial charge in [0.2, 0.25) is 0 Å². The molecule has 0 bridgehead atoms. The van der Waals surface area contributed by atoms with Gasteiger partial charge < -0.3 is 5.11 Å². The van der Waals surface area contributed by atoms with Crippen molar-refractivity contribution in [2.75, 3.05) is 0 Å². The van der Waals surface area contributed by atoms with Crippen molar-refractivity contribution in [2.45, 2.75) is 18.8 Å². The lowest BCUT2D eigenvalue weighted by Crippen LogP contribution is -2.04. The fraction of sp³-hybridized carbons (Fsp3) is 0.188. The molecule has 0 saturated heterocycles. The van der Waals surface area contributed by atoms with Crippen molar-refractivity contribution in [3.63, 3.8) is 0 Å². The van der Waals surface area contributed by atoms with Gasteiger partial charge in [-0.2, -0.15) is 0 Å². The number of hydrogen-bond donors (Lipinski definition) is 1. The third-order valence-corrected chi connectivity index (χ3v) is 3.76. The fourth-order valence-electron chi connectivity index (χ4n) is 2.59. The molecule has 1 N–H and O–H groups in total. The Morgan fingerprint density at radius 1 is 1.14 bits per heavy atom. The van der Waals surface area contributed by atoms with Crippen molar-refractivity contribution >= 4 is 16.7 Å². The van der Waals surface area contributed by atoms with Gasteiger partial charge in [0, 0.05) is 11.3 Å². The zero-order chi connectivity index (χ0) is 14.4. The average molecular weight is 279 g/mol. The number of hydrogen-bond acceptors (Lipinski definition) is 3. The zero-order valence-corrected chi connectivity index (χ0v) is 11.2. The summed E-state index contributed by atoms with van der Waals surface area (Å²) in [6, 6.07) is 13.9. The Kier molecular flexibility index (Phi) is 2.54. The van der Waals surface area contributed by atoms with E-state index in [1.165, 1.54) is 0 Å². The van der Waals surface area contributed by atoms with Crippen molar-refractivity contribution in [2.24, 2.45) is 0 Å². The largest absolute Gasteiger partial charge is 0.475 e. The Bertz CT molecular complexity index is 844. The van der Waals surface area contributed by atoms with E-state index < -0.39 is 5.97 Å². The van der Waals surface area contributed by atoms with Crippen LogP contribution >= 0.6 is 0 Å². The number of nitrogens with zero attached hydrogens (tertiary/aromatic N) is 3. The lowest BCUT2D eigenvalue weighted by Gasteiger charge is -2.08. The van der Waals surface area contributed by atoms with Gasteiger partial charge in [-0.15, -0.1) is 5.10 Å². The molecule has 5 nitrogen and oxygen atoms in total. The van der Waals surface area contributed by atoms with Gasteiger partial charge >= 0.3 is 5.97 Å². The van der Waals surface area contributed by atoms with Crippen molar-refractivity contribution in [1.29, 1.82) is 0 Å². The second-order valence-corrected chi connectivity index (χ2v) is 5.28. The molecule has 0 unspecified atom stereocenters. The van der Waals surface area contributed by atoms with Gasteiger partial charge in [0.15, 0.2) is 0 Å². The van der Waals surface area contributed by atoms with Crippen molar-refractivity contribution in [3.05, 3.63) is 54.1 Å². The van der Waals surface area contributed by atoms with E-state index in [0.717, 1.165) is 35.1 Å². The molecule has 104 valence electrons. The predicted molar refractivity (Wildman–Crippen MR) is 77.8 cm³/mol. The summed E-state index contributed by atoms with van der Waals surface area (Å²) in [7, 11) is 0. The number of carboxylic acids is 1. The molecule has 1 aromatic heterocycles. The smallest absolute Gasteiger partial charge is 0.375 e. The zero-order valence-electron chi connectivity index (χ0n) is 11.2. The van der Waals surface area contributed by atoms with Crippen molar-refractivity contribution in [3.8, 4) is 5.69 Å². The van der Waals surface area contributed by atoms with Crippen LogP contribution in [0.1, 0.15) is 35.2 Å². The number of benzene rings is 2. The van der Waals surface area contributed by atoms with Crippen LogP contribution in [0.2, 0.25) is 0 Å². The summed E-state index contributed by atoms with van der Waals surface area (Å²) in [4.78, 5) is 15.4. The number of aromatic nitrogens is 3. The van der Waals surface area contributed by atoms with E-state index in [4.69, 9.17) is 5.11 Å². The highest BCUT2D eigenvalue weighted by molar-refractivity contribution is 5.90. The summed E-state index contributed by atoms with van der Waals surface area (Å²) >= 11 is 0. The Morgan fingerprint density at radius 2 is 1.90 bits per heavy atom. The van der Waals surface area contributed by atoms with Gasteiger partial charge in [-0.1, -0.05) is 36.4 Å². The number of aromatic carboxylic acids is 1. The van der Waals surface area contributed by atoms with Crippen LogP contribution in [-0.4, -0.2) is 25.8 Å². The molecule has 5 heteroatoms. The number of carbonyl (C=O) groups is 1. The number of rotatable bonds is 3. The first kappa shape index (κ1) is 12.1. The lowest BCUT2D eigenvalue weighted by atomic mass is 10.1. The summed E-state index contributed by atoms with van der Waals surface area (Å²) in [6.45, 7) is 0. The van der Waals surface area contributed by atoms with Crippen LogP contribution < -0.4 is 0 Å². The Labute approximate surface area is 120 Å². The van der Waals surface area contributed by atoms with Crippen LogP contribution in [0, 0.1) is 0 Å². The lowest BCUT2D eigenvalue weighted by molar-refractivity contribution is 0.0683. The second kappa shape index (κ2) is 4.41. The first-order chi connectivity index (χ1) is 10.2. The molecule has 3 aromatic rings. The molecule has 0 spiro atoms. The van der Waals surface area contributed by atoms with Gasteiger partial charge in [0.1, 0.15) is 5.82 Å². The molecule has 2 aromatic carbocycles. The molecule has 1 heterocycles. The third kappa shape index (κ3) is 1.98. The topological polar surface area (TPSA) is 68.0 Å².